The highest BCUT2D eigenvalue weighted by Crippen LogP contribution is 2.36. The lowest BCUT2D eigenvalue weighted by Gasteiger charge is -2.16. The van der Waals surface area contributed by atoms with Gasteiger partial charge in [-0.25, -0.2) is 0 Å². The number of benzene rings is 1. The number of nitrogens with zero attached hydrogens (tertiary/aromatic N) is 2. The predicted molar refractivity (Wildman–Crippen MR) is 96.4 cm³/mol. The van der Waals surface area contributed by atoms with Gasteiger partial charge in [0.15, 0.2) is 5.82 Å². The number of allylic oxidation sites excluding steroid dienone is 1. The van der Waals surface area contributed by atoms with E-state index in [0.29, 0.717) is 0 Å². The summed E-state index contributed by atoms with van der Waals surface area (Å²) in [5, 5.41) is 11.7. The maximum Gasteiger partial charge on any atom is 0.152 e. The van der Waals surface area contributed by atoms with Crippen molar-refractivity contribution in [3.63, 3.8) is 0 Å². The standard InChI is InChI=1S/C16H17ClN4S/c17-13-3-1-12(2-4-13)15-14(11-5-7-18-8-6-11)16(21-20-15)19-9-10-22/h1-5,7-8,11,22H,6,9-10H2,(H2,19,20,21). The zero-order valence-corrected chi connectivity index (χ0v) is 13.6. The minimum Gasteiger partial charge on any atom is -0.368 e. The fourth-order valence-electron chi connectivity index (χ4n) is 2.54. The van der Waals surface area contributed by atoms with Gasteiger partial charge in [0, 0.05) is 46.8 Å². The van der Waals surface area contributed by atoms with E-state index in [9.17, 15) is 0 Å². The first-order valence-electron chi connectivity index (χ1n) is 7.17. The molecule has 114 valence electrons. The average molecular weight is 333 g/mol. The molecule has 1 aromatic heterocycles. The average Bonchev–Trinajstić information content (AvgIpc) is 2.98. The van der Waals surface area contributed by atoms with Crippen LogP contribution in [-0.2, 0) is 0 Å². The molecule has 0 aliphatic carbocycles. The Hall–Kier alpha value is -1.72. The molecule has 0 amide bonds. The molecule has 2 aromatic rings. The summed E-state index contributed by atoms with van der Waals surface area (Å²) in [5.41, 5.74) is 3.25. The van der Waals surface area contributed by atoms with Gasteiger partial charge in [0.05, 0.1) is 5.69 Å². The molecule has 0 spiro atoms. The molecule has 1 aliphatic rings. The Morgan fingerprint density at radius 3 is 2.82 bits per heavy atom. The van der Waals surface area contributed by atoms with E-state index in [1.165, 1.54) is 0 Å². The van der Waals surface area contributed by atoms with E-state index in [2.05, 4.69) is 39.2 Å². The molecule has 1 aliphatic heterocycles. The maximum atomic E-state index is 5.99. The van der Waals surface area contributed by atoms with Crippen LogP contribution in [0.3, 0.4) is 0 Å². The molecule has 0 bridgehead atoms. The third-order valence-corrected chi connectivity index (χ3v) is 4.06. The van der Waals surface area contributed by atoms with Gasteiger partial charge in [0.25, 0.3) is 0 Å². The van der Waals surface area contributed by atoms with Gasteiger partial charge in [0.2, 0.25) is 0 Å². The monoisotopic (exact) mass is 332 g/mol. The predicted octanol–water partition coefficient (Wildman–Crippen LogP) is 4.14. The molecule has 22 heavy (non-hydrogen) atoms. The van der Waals surface area contributed by atoms with Crippen molar-refractivity contribution in [3.8, 4) is 11.3 Å². The van der Waals surface area contributed by atoms with E-state index in [1.807, 2.05) is 36.7 Å². The highest BCUT2D eigenvalue weighted by atomic mass is 35.5. The van der Waals surface area contributed by atoms with Crippen molar-refractivity contribution in [2.24, 2.45) is 4.99 Å². The number of aromatic nitrogens is 2. The molecule has 0 saturated carbocycles. The van der Waals surface area contributed by atoms with Crippen LogP contribution in [0, 0.1) is 0 Å². The highest BCUT2D eigenvalue weighted by Gasteiger charge is 2.22. The van der Waals surface area contributed by atoms with Crippen LogP contribution in [-0.4, -0.2) is 28.7 Å². The van der Waals surface area contributed by atoms with Crippen molar-refractivity contribution in [3.05, 3.63) is 47.1 Å². The molecule has 4 nitrogen and oxygen atoms in total. The van der Waals surface area contributed by atoms with Gasteiger partial charge in [-0.05, 0) is 18.6 Å². The summed E-state index contributed by atoms with van der Waals surface area (Å²) in [5.74, 6) is 1.89. The Labute approximate surface area is 140 Å². The number of anilines is 1. The zero-order chi connectivity index (χ0) is 15.4. The van der Waals surface area contributed by atoms with Crippen LogP contribution >= 0.6 is 24.2 Å². The second-order valence-electron chi connectivity index (χ2n) is 5.03. The van der Waals surface area contributed by atoms with E-state index in [0.717, 1.165) is 46.4 Å². The topological polar surface area (TPSA) is 53.1 Å². The third-order valence-electron chi connectivity index (χ3n) is 3.58. The van der Waals surface area contributed by atoms with Crippen LogP contribution in [0.1, 0.15) is 17.9 Å². The lowest BCUT2D eigenvalue weighted by Crippen LogP contribution is -2.08. The van der Waals surface area contributed by atoms with Crippen LogP contribution in [0.5, 0.6) is 0 Å². The third kappa shape index (κ3) is 3.20. The molecule has 0 radical (unpaired) electrons. The summed E-state index contributed by atoms with van der Waals surface area (Å²) in [6, 6.07) is 7.78. The molecule has 3 rings (SSSR count). The van der Waals surface area contributed by atoms with E-state index in [4.69, 9.17) is 11.6 Å². The van der Waals surface area contributed by atoms with Crippen LogP contribution in [0.4, 0.5) is 5.82 Å². The van der Waals surface area contributed by atoms with Crippen molar-refractivity contribution in [2.75, 3.05) is 17.6 Å². The van der Waals surface area contributed by atoms with Gasteiger partial charge in [-0.1, -0.05) is 29.8 Å². The lowest BCUT2D eigenvalue weighted by molar-refractivity contribution is 0.890. The molecular formula is C16H17ClN4S. The summed E-state index contributed by atoms with van der Waals surface area (Å²) in [4.78, 5) is 4.16. The Kier molecular flexibility index (Phi) is 4.85. The lowest BCUT2D eigenvalue weighted by atomic mass is 9.92. The van der Waals surface area contributed by atoms with Crippen LogP contribution in [0.25, 0.3) is 11.3 Å². The van der Waals surface area contributed by atoms with Crippen molar-refractivity contribution in [2.45, 2.75) is 12.3 Å². The smallest absolute Gasteiger partial charge is 0.152 e. The number of H-pyrrole nitrogens is 1. The van der Waals surface area contributed by atoms with Gasteiger partial charge in [-0.2, -0.15) is 17.7 Å². The number of rotatable bonds is 5. The molecule has 6 heteroatoms. The van der Waals surface area contributed by atoms with Crippen LogP contribution in [0.15, 0.2) is 41.5 Å². The normalized spacial score (nSPS) is 16.9. The molecule has 1 atom stereocenters. The number of thiol groups is 1. The summed E-state index contributed by atoms with van der Waals surface area (Å²) in [6.45, 7) is 0.769. The minimum atomic E-state index is 0.254. The molecule has 2 heterocycles. The Morgan fingerprint density at radius 2 is 2.14 bits per heavy atom. The second kappa shape index (κ2) is 7.03. The number of halogens is 1. The molecular weight excluding hydrogens is 316 g/mol. The zero-order valence-electron chi connectivity index (χ0n) is 12.0. The maximum absolute atomic E-state index is 5.99. The fourth-order valence-corrected chi connectivity index (χ4v) is 2.78. The van der Waals surface area contributed by atoms with Crippen LogP contribution in [0.2, 0.25) is 5.02 Å². The van der Waals surface area contributed by atoms with E-state index >= 15 is 0 Å². The SMILES string of the molecule is SCCNc1n[nH]c(-c2ccc(Cl)cc2)c1C1C=CN=CC1. The highest BCUT2D eigenvalue weighted by molar-refractivity contribution is 7.80. The molecule has 2 N–H and O–H groups in total. The first-order chi connectivity index (χ1) is 10.8. The summed E-state index contributed by atoms with van der Waals surface area (Å²) in [7, 11) is 0. The van der Waals surface area contributed by atoms with Gasteiger partial charge in [0.1, 0.15) is 0 Å². The number of hydrogen-bond donors (Lipinski definition) is 3. The first-order valence-corrected chi connectivity index (χ1v) is 8.18. The van der Waals surface area contributed by atoms with Gasteiger partial charge >= 0.3 is 0 Å². The summed E-state index contributed by atoms with van der Waals surface area (Å²) >= 11 is 10.2. The van der Waals surface area contributed by atoms with E-state index in [-0.39, 0.29) is 5.92 Å². The number of aromatic amines is 1. The van der Waals surface area contributed by atoms with Crippen LogP contribution < -0.4 is 5.32 Å². The first kappa shape index (κ1) is 15.2. The number of aliphatic imine (C=N–C) groups is 1. The largest absolute Gasteiger partial charge is 0.368 e. The Balaban J connectivity index is 2.01. The quantitative estimate of drug-likeness (QED) is 0.721. The van der Waals surface area contributed by atoms with E-state index < -0.39 is 0 Å². The van der Waals surface area contributed by atoms with Gasteiger partial charge in [-0.3, -0.25) is 10.1 Å². The van der Waals surface area contributed by atoms with Crippen molar-refractivity contribution >= 4 is 36.3 Å². The van der Waals surface area contributed by atoms with Crippen molar-refractivity contribution in [1.29, 1.82) is 0 Å². The number of hydrogen-bond acceptors (Lipinski definition) is 4. The second-order valence-corrected chi connectivity index (χ2v) is 5.92. The van der Waals surface area contributed by atoms with Gasteiger partial charge in [-0.15, -0.1) is 0 Å². The number of nitrogens with one attached hydrogen (secondary N) is 2. The summed E-state index contributed by atoms with van der Waals surface area (Å²) < 4.78 is 0. The van der Waals surface area contributed by atoms with Crippen molar-refractivity contribution < 1.29 is 0 Å². The fraction of sp³-hybridized carbons (Fsp3) is 0.250. The molecule has 0 saturated heterocycles. The van der Waals surface area contributed by atoms with E-state index in [1.54, 1.807) is 0 Å². The molecule has 1 aromatic carbocycles. The summed E-state index contributed by atoms with van der Waals surface area (Å²) in [6.07, 6.45) is 6.75. The Bertz CT molecular complexity index is 691. The van der Waals surface area contributed by atoms with Gasteiger partial charge < -0.3 is 5.32 Å². The molecule has 0 fully saturated rings. The Morgan fingerprint density at radius 1 is 1.32 bits per heavy atom. The molecule has 1 unspecified atom stereocenters. The van der Waals surface area contributed by atoms with Crippen molar-refractivity contribution in [1.82, 2.24) is 10.2 Å². The minimum absolute atomic E-state index is 0.254.